The first kappa shape index (κ1) is 12.9. The van der Waals surface area contributed by atoms with Crippen LogP contribution in [0.3, 0.4) is 0 Å². The zero-order chi connectivity index (χ0) is 13.8. The number of hydrogen-bond acceptors (Lipinski definition) is 5. The summed E-state index contributed by atoms with van der Waals surface area (Å²) in [7, 11) is 0. The third kappa shape index (κ3) is 2.82. The van der Waals surface area contributed by atoms with Crippen LogP contribution < -0.4 is 4.74 Å². The maximum Gasteiger partial charge on any atom is 0.359 e. The number of aromatic carboxylic acids is 1. The van der Waals surface area contributed by atoms with Crippen molar-refractivity contribution in [2.24, 2.45) is 0 Å². The van der Waals surface area contributed by atoms with Crippen LogP contribution in [0.1, 0.15) is 17.4 Å². The van der Waals surface area contributed by atoms with E-state index in [2.05, 4.69) is 15.0 Å². The number of rotatable bonds is 4. The molecule has 2 aromatic rings. The molecule has 0 aromatic carbocycles. The standard InChI is InChI=1S/C12H10FN3O3/c1-2-19-9-4-3-7(5-14-9)8-6-15-11(13)10(16-8)12(17)18/h3-6H,2H2,1H3,(H,17,18). The molecular weight excluding hydrogens is 253 g/mol. The van der Waals surface area contributed by atoms with Crippen LogP contribution in [0.25, 0.3) is 11.3 Å². The number of carboxylic acids is 1. The predicted molar refractivity (Wildman–Crippen MR) is 63.3 cm³/mol. The molecule has 2 heterocycles. The van der Waals surface area contributed by atoms with Crippen LogP contribution in [-0.4, -0.2) is 32.6 Å². The van der Waals surface area contributed by atoms with Gasteiger partial charge in [0, 0.05) is 17.8 Å². The lowest BCUT2D eigenvalue weighted by Gasteiger charge is -2.04. The largest absolute Gasteiger partial charge is 0.478 e. The maximum absolute atomic E-state index is 13.1. The summed E-state index contributed by atoms with van der Waals surface area (Å²) in [5, 5.41) is 8.77. The molecule has 0 spiro atoms. The van der Waals surface area contributed by atoms with Gasteiger partial charge in [0.25, 0.3) is 0 Å². The SMILES string of the molecule is CCOc1ccc(-c2cnc(F)c(C(=O)O)n2)cn1. The fourth-order valence-corrected chi connectivity index (χ4v) is 1.41. The Labute approximate surface area is 107 Å². The van der Waals surface area contributed by atoms with Gasteiger partial charge in [0.15, 0.2) is 0 Å². The highest BCUT2D eigenvalue weighted by atomic mass is 19.1. The van der Waals surface area contributed by atoms with E-state index in [1.54, 1.807) is 12.1 Å². The van der Waals surface area contributed by atoms with Gasteiger partial charge < -0.3 is 9.84 Å². The summed E-state index contributed by atoms with van der Waals surface area (Å²) >= 11 is 0. The number of carboxylic acid groups (broad SMARTS) is 1. The second-order valence-corrected chi connectivity index (χ2v) is 3.52. The molecule has 7 heteroatoms. The molecule has 0 bridgehead atoms. The van der Waals surface area contributed by atoms with Gasteiger partial charge in [-0.2, -0.15) is 4.39 Å². The summed E-state index contributed by atoms with van der Waals surface area (Å²) in [6.07, 6.45) is 2.61. The van der Waals surface area contributed by atoms with Gasteiger partial charge in [0.1, 0.15) is 0 Å². The van der Waals surface area contributed by atoms with Gasteiger partial charge in [0.2, 0.25) is 17.5 Å². The lowest BCUT2D eigenvalue weighted by Crippen LogP contribution is -2.07. The third-order valence-corrected chi connectivity index (χ3v) is 2.25. The van der Waals surface area contributed by atoms with Gasteiger partial charge in [-0.15, -0.1) is 0 Å². The zero-order valence-electron chi connectivity index (χ0n) is 10.00. The van der Waals surface area contributed by atoms with Crippen molar-refractivity contribution < 1.29 is 19.0 Å². The fourth-order valence-electron chi connectivity index (χ4n) is 1.41. The highest BCUT2D eigenvalue weighted by Gasteiger charge is 2.15. The van der Waals surface area contributed by atoms with Crippen LogP contribution >= 0.6 is 0 Å². The molecule has 0 aliphatic rings. The van der Waals surface area contributed by atoms with Crippen LogP contribution in [0.2, 0.25) is 0 Å². The van der Waals surface area contributed by atoms with Gasteiger partial charge in [-0.05, 0) is 13.0 Å². The van der Waals surface area contributed by atoms with E-state index in [1.807, 2.05) is 6.92 Å². The summed E-state index contributed by atoms with van der Waals surface area (Å²) in [5.41, 5.74) is 0.0409. The molecule has 0 amide bonds. The fraction of sp³-hybridized carbons (Fsp3) is 0.167. The first-order chi connectivity index (χ1) is 9.11. The lowest BCUT2D eigenvalue weighted by molar-refractivity contribution is 0.0684. The molecule has 2 aromatic heterocycles. The average molecular weight is 263 g/mol. The molecule has 0 saturated carbocycles. The van der Waals surface area contributed by atoms with Crippen molar-refractivity contribution in [3.8, 4) is 17.1 Å². The number of halogens is 1. The third-order valence-electron chi connectivity index (χ3n) is 2.25. The van der Waals surface area contributed by atoms with Crippen molar-refractivity contribution in [1.82, 2.24) is 15.0 Å². The highest BCUT2D eigenvalue weighted by molar-refractivity contribution is 5.85. The maximum atomic E-state index is 13.1. The first-order valence-corrected chi connectivity index (χ1v) is 5.47. The molecule has 0 aliphatic carbocycles. The Balaban J connectivity index is 2.36. The molecule has 0 atom stereocenters. The molecule has 0 fully saturated rings. The van der Waals surface area contributed by atoms with Crippen LogP contribution in [-0.2, 0) is 0 Å². The summed E-state index contributed by atoms with van der Waals surface area (Å²) in [6, 6.07) is 3.26. The van der Waals surface area contributed by atoms with Crippen LogP contribution in [0, 0.1) is 5.95 Å². The van der Waals surface area contributed by atoms with E-state index >= 15 is 0 Å². The van der Waals surface area contributed by atoms with Gasteiger partial charge in [0.05, 0.1) is 18.5 Å². The van der Waals surface area contributed by atoms with Crippen molar-refractivity contribution >= 4 is 5.97 Å². The van der Waals surface area contributed by atoms with E-state index in [4.69, 9.17) is 9.84 Å². The van der Waals surface area contributed by atoms with Crippen molar-refractivity contribution in [2.75, 3.05) is 6.61 Å². The first-order valence-electron chi connectivity index (χ1n) is 5.47. The van der Waals surface area contributed by atoms with Crippen LogP contribution in [0.4, 0.5) is 4.39 Å². The Kier molecular flexibility index (Phi) is 3.65. The molecule has 98 valence electrons. The number of carbonyl (C=O) groups is 1. The molecule has 19 heavy (non-hydrogen) atoms. The lowest BCUT2D eigenvalue weighted by atomic mass is 10.2. The summed E-state index contributed by atoms with van der Waals surface area (Å²) < 4.78 is 18.3. The predicted octanol–water partition coefficient (Wildman–Crippen LogP) is 1.77. The Morgan fingerprint density at radius 1 is 1.37 bits per heavy atom. The molecule has 0 radical (unpaired) electrons. The number of pyridine rings is 1. The smallest absolute Gasteiger partial charge is 0.359 e. The van der Waals surface area contributed by atoms with Crippen LogP contribution in [0.15, 0.2) is 24.5 Å². The van der Waals surface area contributed by atoms with Crippen LogP contribution in [0.5, 0.6) is 5.88 Å². The number of ether oxygens (including phenoxy) is 1. The molecule has 0 aliphatic heterocycles. The topological polar surface area (TPSA) is 85.2 Å². The molecule has 0 saturated heterocycles. The Morgan fingerprint density at radius 2 is 2.16 bits per heavy atom. The number of hydrogen-bond donors (Lipinski definition) is 1. The molecule has 1 N–H and O–H groups in total. The zero-order valence-corrected chi connectivity index (χ0v) is 10.00. The van der Waals surface area contributed by atoms with Gasteiger partial charge >= 0.3 is 5.97 Å². The van der Waals surface area contributed by atoms with E-state index in [-0.39, 0.29) is 5.69 Å². The van der Waals surface area contributed by atoms with E-state index in [0.29, 0.717) is 18.1 Å². The van der Waals surface area contributed by atoms with Gasteiger partial charge in [-0.25, -0.2) is 19.7 Å². The van der Waals surface area contributed by atoms with E-state index in [0.717, 1.165) is 6.20 Å². The second kappa shape index (κ2) is 5.38. The van der Waals surface area contributed by atoms with Crippen molar-refractivity contribution in [3.63, 3.8) is 0 Å². The number of aromatic nitrogens is 3. The number of nitrogens with zero attached hydrogens (tertiary/aromatic N) is 3. The Morgan fingerprint density at radius 3 is 2.74 bits per heavy atom. The molecule has 2 rings (SSSR count). The monoisotopic (exact) mass is 263 g/mol. The van der Waals surface area contributed by atoms with Crippen molar-refractivity contribution in [2.45, 2.75) is 6.92 Å². The minimum absolute atomic E-state index is 0.231. The Hall–Kier alpha value is -2.57. The minimum atomic E-state index is -1.47. The van der Waals surface area contributed by atoms with E-state index in [1.165, 1.54) is 6.20 Å². The van der Waals surface area contributed by atoms with E-state index < -0.39 is 17.6 Å². The molecule has 6 nitrogen and oxygen atoms in total. The van der Waals surface area contributed by atoms with Gasteiger partial charge in [-0.1, -0.05) is 0 Å². The van der Waals surface area contributed by atoms with E-state index in [9.17, 15) is 9.18 Å². The molecule has 0 unspecified atom stereocenters. The highest BCUT2D eigenvalue weighted by Crippen LogP contribution is 2.18. The Bertz CT molecular complexity index is 602. The normalized spacial score (nSPS) is 10.2. The summed E-state index contributed by atoms with van der Waals surface area (Å²) in [4.78, 5) is 21.8. The quantitative estimate of drug-likeness (QED) is 0.904. The molecular formula is C12H10FN3O3. The summed E-state index contributed by atoms with van der Waals surface area (Å²) in [5.74, 6) is -2.14. The van der Waals surface area contributed by atoms with Crippen molar-refractivity contribution in [3.05, 3.63) is 36.2 Å². The minimum Gasteiger partial charge on any atom is -0.478 e. The summed E-state index contributed by atoms with van der Waals surface area (Å²) in [6.45, 7) is 2.33. The van der Waals surface area contributed by atoms with Crippen molar-refractivity contribution in [1.29, 1.82) is 0 Å². The second-order valence-electron chi connectivity index (χ2n) is 3.52. The van der Waals surface area contributed by atoms with Gasteiger partial charge in [-0.3, -0.25) is 0 Å². The average Bonchev–Trinajstić information content (AvgIpc) is 2.40.